The standard InChI is InChI=1S/C20H26N2O3S/c1-5-24-16-8-6-15(7-9-16)21-19-22-17(12-26-19)20(4)11-14(10-13(2)3)18(23)25-20/h6-9,12-14H,5,10-11H2,1-4H3,(H,21,22)/t14-,20-/m1/s1. The summed E-state index contributed by atoms with van der Waals surface area (Å²) in [5, 5.41) is 6.06. The van der Waals surface area contributed by atoms with Gasteiger partial charge in [0.25, 0.3) is 0 Å². The van der Waals surface area contributed by atoms with E-state index in [4.69, 9.17) is 9.47 Å². The second-order valence-corrected chi connectivity index (χ2v) is 8.16. The van der Waals surface area contributed by atoms with Gasteiger partial charge in [0.2, 0.25) is 0 Å². The first kappa shape index (κ1) is 18.7. The van der Waals surface area contributed by atoms with Gasteiger partial charge in [0.1, 0.15) is 5.75 Å². The van der Waals surface area contributed by atoms with Crippen LogP contribution in [0.4, 0.5) is 10.8 Å². The Labute approximate surface area is 158 Å². The molecule has 2 atom stereocenters. The normalized spacial score (nSPS) is 22.5. The maximum atomic E-state index is 12.2. The Morgan fingerprint density at radius 3 is 2.77 bits per heavy atom. The number of aromatic nitrogens is 1. The minimum Gasteiger partial charge on any atom is -0.494 e. The highest BCUT2D eigenvalue weighted by Gasteiger charge is 2.46. The van der Waals surface area contributed by atoms with Crippen molar-refractivity contribution in [1.82, 2.24) is 4.98 Å². The van der Waals surface area contributed by atoms with Crippen LogP contribution in [0.1, 0.15) is 46.2 Å². The molecule has 1 aromatic heterocycles. The lowest BCUT2D eigenvalue weighted by atomic mass is 9.88. The van der Waals surface area contributed by atoms with E-state index in [0.29, 0.717) is 18.9 Å². The monoisotopic (exact) mass is 374 g/mol. The van der Waals surface area contributed by atoms with Crippen LogP contribution in [0.5, 0.6) is 5.75 Å². The number of carbonyl (C=O) groups is 1. The van der Waals surface area contributed by atoms with Crippen molar-refractivity contribution < 1.29 is 14.3 Å². The van der Waals surface area contributed by atoms with Crippen molar-refractivity contribution in [3.8, 4) is 5.75 Å². The Hall–Kier alpha value is -2.08. The molecule has 1 N–H and O–H groups in total. The summed E-state index contributed by atoms with van der Waals surface area (Å²) in [5.74, 6) is 1.18. The zero-order chi connectivity index (χ0) is 18.7. The van der Waals surface area contributed by atoms with Crippen molar-refractivity contribution in [3.05, 3.63) is 35.3 Å². The Morgan fingerprint density at radius 2 is 2.12 bits per heavy atom. The molecule has 0 aliphatic carbocycles. The summed E-state index contributed by atoms with van der Waals surface area (Å²) in [6.45, 7) is 8.83. The van der Waals surface area contributed by atoms with Crippen molar-refractivity contribution >= 4 is 28.1 Å². The van der Waals surface area contributed by atoms with E-state index in [1.54, 1.807) is 0 Å². The summed E-state index contributed by atoms with van der Waals surface area (Å²) < 4.78 is 11.2. The molecule has 1 aliphatic heterocycles. The molecule has 0 spiro atoms. The van der Waals surface area contributed by atoms with Crippen LogP contribution in [-0.4, -0.2) is 17.6 Å². The highest BCUT2D eigenvalue weighted by Crippen LogP contribution is 2.42. The van der Waals surface area contributed by atoms with Gasteiger partial charge in [0, 0.05) is 17.5 Å². The molecule has 5 nitrogen and oxygen atoms in total. The third-order valence-electron chi connectivity index (χ3n) is 4.51. The zero-order valence-corrected chi connectivity index (χ0v) is 16.6. The third kappa shape index (κ3) is 4.18. The number of hydrogen-bond donors (Lipinski definition) is 1. The SMILES string of the molecule is CCOc1ccc(Nc2nc([C@@]3(C)C[C@@H](CC(C)C)C(=O)O3)cs2)cc1. The first-order valence-corrected chi connectivity index (χ1v) is 9.96. The summed E-state index contributed by atoms with van der Waals surface area (Å²) >= 11 is 1.52. The molecule has 1 saturated heterocycles. The fourth-order valence-electron chi connectivity index (χ4n) is 3.30. The quantitative estimate of drug-likeness (QED) is 0.683. The molecule has 3 rings (SSSR count). The summed E-state index contributed by atoms with van der Waals surface area (Å²) in [5.41, 5.74) is 1.13. The molecule has 1 aliphatic rings. The van der Waals surface area contributed by atoms with Crippen molar-refractivity contribution in [2.75, 3.05) is 11.9 Å². The van der Waals surface area contributed by atoms with E-state index in [0.717, 1.165) is 28.7 Å². The van der Waals surface area contributed by atoms with Gasteiger partial charge < -0.3 is 14.8 Å². The summed E-state index contributed by atoms with van der Waals surface area (Å²) in [4.78, 5) is 16.9. The molecule has 0 bridgehead atoms. The van der Waals surface area contributed by atoms with Crippen LogP contribution in [0, 0.1) is 11.8 Å². The average Bonchev–Trinajstić information content (AvgIpc) is 3.15. The van der Waals surface area contributed by atoms with Gasteiger partial charge in [-0.1, -0.05) is 13.8 Å². The Bertz CT molecular complexity index is 757. The van der Waals surface area contributed by atoms with E-state index in [2.05, 4.69) is 24.1 Å². The molecule has 26 heavy (non-hydrogen) atoms. The number of thiazole rings is 1. The number of benzene rings is 1. The Kier molecular flexibility index (Phi) is 5.51. The molecule has 140 valence electrons. The smallest absolute Gasteiger partial charge is 0.310 e. The van der Waals surface area contributed by atoms with Gasteiger partial charge in [-0.15, -0.1) is 11.3 Å². The van der Waals surface area contributed by atoms with Gasteiger partial charge in [-0.05, 0) is 50.5 Å². The molecule has 1 fully saturated rings. The van der Waals surface area contributed by atoms with E-state index in [1.807, 2.05) is 43.5 Å². The number of nitrogens with zero attached hydrogens (tertiary/aromatic N) is 1. The van der Waals surface area contributed by atoms with Gasteiger partial charge >= 0.3 is 5.97 Å². The minimum atomic E-state index is -0.633. The molecule has 1 aromatic carbocycles. The summed E-state index contributed by atoms with van der Waals surface area (Å²) in [7, 11) is 0. The third-order valence-corrected chi connectivity index (χ3v) is 5.27. The first-order chi connectivity index (χ1) is 12.4. The average molecular weight is 375 g/mol. The van der Waals surface area contributed by atoms with Gasteiger partial charge in [-0.25, -0.2) is 4.98 Å². The largest absolute Gasteiger partial charge is 0.494 e. The fourth-order valence-corrected chi connectivity index (χ4v) is 4.16. The number of rotatable bonds is 7. The van der Waals surface area contributed by atoms with Gasteiger partial charge in [-0.2, -0.15) is 0 Å². The topological polar surface area (TPSA) is 60.5 Å². The van der Waals surface area contributed by atoms with Gasteiger partial charge in [-0.3, -0.25) is 4.79 Å². The molecule has 0 radical (unpaired) electrons. The first-order valence-electron chi connectivity index (χ1n) is 9.08. The highest BCUT2D eigenvalue weighted by molar-refractivity contribution is 7.13. The van der Waals surface area contributed by atoms with Crippen molar-refractivity contribution in [3.63, 3.8) is 0 Å². The lowest BCUT2D eigenvalue weighted by molar-refractivity contribution is -0.150. The number of cyclic esters (lactones) is 1. The number of esters is 1. The van der Waals surface area contributed by atoms with Gasteiger partial charge in [0.05, 0.1) is 18.2 Å². The maximum Gasteiger partial charge on any atom is 0.310 e. The number of ether oxygens (including phenoxy) is 2. The maximum absolute atomic E-state index is 12.2. The van der Waals surface area contributed by atoms with E-state index >= 15 is 0 Å². The van der Waals surface area contributed by atoms with Crippen molar-refractivity contribution in [2.45, 2.75) is 46.1 Å². The number of carbonyl (C=O) groups excluding carboxylic acids is 1. The predicted octanol–water partition coefficient (Wildman–Crippen LogP) is 5.11. The Balaban J connectivity index is 1.68. The molecular formula is C20H26N2O3S. The summed E-state index contributed by atoms with van der Waals surface area (Å²) in [6, 6.07) is 7.78. The van der Waals surface area contributed by atoms with Crippen LogP contribution in [0.15, 0.2) is 29.6 Å². The Morgan fingerprint density at radius 1 is 1.38 bits per heavy atom. The summed E-state index contributed by atoms with van der Waals surface area (Å²) in [6.07, 6.45) is 1.55. The van der Waals surface area contributed by atoms with Crippen LogP contribution in [0.3, 0.4) is 0 Å². The van der Waals surface area contributed by atoms with Crippen LogP contribution in [0.25, 0.3) is 0 Å². The van der Waals surface area contributed by atoms with E-state index in [9.17, 15) is 4.79 Å². The molecular weight excluding hydrogens is 348 g/mol. The number of anilines is 2. The number of nitrogens with one attached hydrogen (secondary N) is 1. The van der Waals surface area contributed by atoms with Gasteiger partial charge in [0.15, 0.2) is 10.7 Å². The number of hydrogen-bond acceptors (Lipinski definition) is 6. The van der Waals surface area contributed by atoms with Crippen LogP contribution in [-0.2, 0) is 15.1 Å². The van der Waals surface area contributed by atoms with E-state index in [-0.39, 0.29) is 11.9 Å². The molecule has 0 amide bonds. The van der Waals surface area contributed by atoms with Crippen molar-refractivity contribution in [2.24, 2.45) is 11.8 Å². The molecule has 6 heteroatoms. The zero-order valence-electron chi connectivity index (χ0n) is 15.7. The van der Waals surface area contributed by atoms with Crippen molar-refractivity contribution in [1.29, 1.82) is 0 Å². The van der Waals surface area contributed by atoms with Crippen LogP contribution < -0.4 is 10.1 Å². The van der Waals surface area contributed by atoms with Crippen LogP contribution in [0.2, 0.25) is 0 Å². The van der Waals surface area contributed by atoms with Crippen LogP contribution >= 0.6 is 11.3 Å². The van der Waals surface area contributed by atoms with E-state index in [1.165, 1.54) is 11.3 Å². The van der Waals surface area contributed by atoms with E-state index < -0.39 is 5.60 Å². The second-order valence-electron chi connectivity index (χ2n) is 7.30. The lowest BCUT2D eigenvalue weighted by Gasteiger charge is -2.20. The minimum absolute atomic E-state index is 0.0378. The molecule has 0 unspecified atom stereocenters. The lowest BCUT2D eigenvalue weighted by Crippen LogP contribution is -2.21. The highest BCUT2D eigenvalue weighted by atomic mass is 32.1. The predicted molar refractivity (Wildman–Crippen MR) is 104 cm³/mol. The molecule has 2 heterocycles. The molecule has 2 aromatic rings. The second kappa shape index (κ2) is 7.66. The fraction of sp³-hybridized carbons (Fsp3) is 0.500. The molecule has 0 saturated carbocycles.